The fraction of sp³-hybridized carbons (Fsp3) is 0.333. The molecule has 0 aromatic heterocycles. The molecule has 0 fully saturated rings. The Morgan fingerprint density at radius 1 is 1.47 bits per heavy atom. The van der Waals surface area contributed by atoms with E-state index < -0.39 is 15.8 Å². The first-order chi connectivity index (χ1) is 6.97. The molecule has 1 aromatic rings. The highest BCUT2D eigenvalue weighted by Gasteiger charge is 2.15. The van der Waals surface area contributed by atoms with Gasteiger partial charge in [-0.1, -0.05) is 0 Å². The maximum absolute atomic E-state index is 12.7. The van der Waals surface area contributed by atoms with Gasteiger partial charge in [-0.05, 0) is 30.7 Å². The molecule has 4 nitrogen and oxygen atoms in total. The van der Waals surface area contributed by atoms with Gasteiger partial charge in [0.15, 0.2) is 0 Å². The largest absolute Gasteiger partial charge is 0.395 e. The van der Waals surface area contributed by atoms with Crippen molar-refractivity contribution in [3.05, 3.63) is 29.6 Å². The zero-order valence-electron chi connectivity index (χ0n) is 8.20. The second-order valence-corrected chi connectivity index (χ2v) is 4.77. The van der Waals surface area contributed by atoms with Crippen LogP contribution in [0.25, 0.3) is 0 Å². The summed E-state index contributed by atoms with van der Waals surface area (Å²) in [6.07, 6.45) is 0. The standard InChI is InChI=1S/C9H12FNO3S/c1-7-6-8(10)2-3-9(7)15(13,14)11-4-5-12/h2-3,6,11-12H,4-5H2,1H3. The van der Waals surface area contributed by atoms with E-state index in [2.05, 4.69) is 4.72 Å². The summed E-state index contributed by atoms with van der Waals surface area (Å²) in [5.41, 5.74) is 0.334. The van der Waals surface area contributed by atoms with Gasteiger partial charge in [-0.3, -0.25) is 0 Å². The summed E-state index contributed by atoms with van der Waals surface area (Å²) < 4.78 is 38.1. The average Bonchev–Trinajstić information content (AvgIpc) is 2.14. The van der Waals surface area contributed by atoms with Crippen molar-refractivity contribution < 1.29 is 17.9 Å². The summed E-state index contributed by atoms with van der Waals surface area (Å²) in [6.45, 7) is 1.18. The van der Waals surface area contributed by atoms with Gasteiger partial charge in [-0.25, -0.2) is 17.5 Å². The molecule has 84 valence electrons. The van der Waals surface area contributed by atoms with Crippen LogP contribution in [0.4, 0.5) is 4.39 Å². The van der Waals surface area contributed by atoms with Gasteiger partial charge in [0.2, 0.25) is 10.0 Å². The number of aliphatic hydroxyl groups is 1. The molecule has 2 N–H and O–H groups in total. The summed E-state index contributed by atoms with van der Waals surface area (Å²) >= 11 is 0. The molecule has 0 amide bonds. The van der Waals surface area contributed by atoms with E-state index in [0.717, 1.165) is 12.1 Å². The molecule has 1 aromatic carbocycles. The second-order valence-electron chi connectivity index (χ2n) is 3.03. The predicted octanol–water partition coefficient (Wildman–Crippen LogP) is 0.405. The Morgan fingerprint density at radius 2 is 2.13 bits per heavy atom. The Kier molecular flexibility index (Phi) is 3.78. The van der Waals surface area contributed by atoms with E-state index in [1.54, 1.807) is 0 Å². The van der Waals surface area contributed by atoms with Crippen LogP contribution >= 0.6 is 0 Å². The maximum Gasteiger partial charge on any atom is 0.240 e. The molecule has 0 saturated heterocycles. The normalized spacial score (nSPS) is 11.7. The smallest absolute Gasteiger partial charge is 0.240 e. The van der Waals surface area contributed by atoms with Crippen LogP contribution < -0.4 is 4.72 Å². The average molecular weight is 233 g/mol. The lowest BCUT2D eigenvalue weighted by molar-refractivity contribution is 0.301. The lowest BCUT2D eigenvalue weighted by Gasteiger charge is -2.07. The van der Waals surface area contributed by atoms with Gasteiger partial charge < -0.3 is 5.11 Å². The van der Waals surface area contributed by atoms with E-state index in [1.165, 1.54) is 13.0 Å². The molecule has 0 heterocycles. The predicted molar refractivity (Wildman–Crippen MR) is 53.4 cm³/mol. The first-order valence-corrected chi connectivity index (χ1v) is 5.82. The van der Waals surface area contributed by atoms with Gasteiger partial charge in [0.1, 0.15) is 5.82 Å². The highest BCUT2D eigenvalue weighted by molar-refractivity contribution is 7.89. The molecule has 0 bridgehead atoms. The van der Waals surface area contributed by atoms with Crippen LogP contribution in [0.1, 0.15) is 5.56 Å². The van der Waals surface area contributed by atoms with Crippen LogP contribution in [0.5, 0.6) is 0 Å². The van der Waals surface area contributed by atoms with Gasteiger partial charge in [0, 0.05) is 6.54 Å². The summed E-state index contributed by atoms with van der Waals surface area (Å²) in [5, 5.41) is 8.50. The van der Waals surface area contributed by atoms with Gasteiger partial charge in [-0.15, -0.1) is 0 Å². The fourth-order valence-electron chi connectivity index (χ4n) is 1.17. The third kappa shape index (κ3) is 2.98. The van der Waals surface area contributed by atoms with Crippen molar-refractivity contribution >= 4 is 10.0 Å². The molecule has 0 atom stereocenters. The maximum atomic E-state index is 12.7. The summed E-state index contributed by atoms with van der Waals surface area (Å²) in [7, 11) is -3.65. The Bertz CT molecular complexity index is 445. The van der Waals surface area contributed by atoms with Crippen molar-refractivity contribution in [1.82, 2.24) is 4.72 Å². The Labute approximate surface area is 87.8 Å². The Balaban J connectivity index is 3.05. The minimum Gasteiger partial charge on any atom is -0.395 e. The first-order valence-electron chi connectivity index (χ1n) is 4.34. The summed E-state index contributed by atoms with van der Waals surface area (Å²) in [4.78, 5) is 0.0253. The number of sulfonamides is 1. The lowest BCUT2D eigenvalue weighted by Crippen LogP contribution is -2.27. The van der Waals surface area contributed by atoms with Crippen LogP contribution in [0.3, 0.4) is 0 Å². The van der Waals surface area contributed by atoms with Crippen molar-refractivity contribution in [3.63, 3.8) is 0 Å². The molecule has 0 radical (unpaired) electrons. The molecule has 15 heavy (non-hydrogen) atoms. The molecule has 0 aliphatic heterocycles. The van der Waals surface area contributed by atoms with Gasteiger partial charge >= 0.3 is 0 Å². The van der Waals surface area contributed by atoms with Gasteiger partial charge in [0.25, 0.3) is 0 Å². The SMILES string of the molecule is Cc1cc(F)ccc1S(=O)(=O)NCCO. The topological polar surface area (TPSA) is 66.4 Å². The number of hydrogen-bond acceptors (Lipinski definition) is 3. The van der Waals surface area contributed by atoms with E-state index in [0.29, 0.717) is 5.56 Å². The van der Waals surface area contributed by atoms with E-state index in [9.17, 15) is 12.8 Å². The minimum atomic E-state index is -3.65. The molecule has 0 unspecified atom stereocenters. The molecule has 0 saturated carbocycles. The molecule has 0 spiro atoms. The number of aliphatic hydroxyl groups excluding tert-OH is 1. The molecule has 6 heteroatoms. The van der Waals surface area contributed by atoms with Crippen molar-refractivity contribution in [2.75, 3.05) is 13.2 Å². The molecular formula is C9H12FNO3S. The van der Waals surface area contributed by atoms with E-state index in [4.69, 9.17) is 5.11 Å². The molecule has 0 aliphatic rings. The van der Waals surface area contributed by atoms with Crippen molar-refractivity contribution in [2.24, 2.45) is 0 Å². The van der Waals surface area contributed by atoms with E-state index in [1.807, 2.05) is 0 Å². The van der Waals surface area contributed by atoms with Crippen LogP contribution in [0.2, 0.25) is 0 Å². The summed E-state index contributed by atoms with van der Waals surface area (Å²) in [5.74, 6) is -0.478. The van der Waals surface area contributed by atoms with Crippen LogP contribution in [-0.4, -0.2) is 26.7 Å². The van der Waals surface area contributed by atoms with Gasteiger partial charge in [0.05, 0.1) is 11.5 Å². The van der Waals surface area contributed by atoms with Crippen molar-refractivity contribution in [1.29, 1.82) is 0 Å². The molecule has 0 aliphatic carbocycles. The third-order valence-electron chi connectivity index (χ3n) is 1.83. The number of nitrogens with one attached hydrogen (secondary N) is 1. The highest BCUT2D eigenvalue weighted by atomic mass is 32.2. The number of benzene rings is 1. The minimum absolute atomic E-state index is 0.0253. The van der Waals surface area contributed by atoms with Crippen LogP contribution in [-0.2, 0) is 10.0 Å². The quantitative estimate of drug-likeness (QED) is 0.791. The Hall–Kier alpha value is -0.980. The fourth-order valence-corrected chi connectivity index (χ4v) is 2.42. The zero-order valence-corrected chi connectivity index (χ0v) is 9.01. The molecule has 1 rings (SSSR count). The highest BCUT2D eigenvalue weighted by Crippen LogP contribution is 2.15. The van der Waals surface area contributed by atoms with Crippen molar-refractivity contribution in [2.45, 2.75) is 11.8 Å². The first kappa shape index (κ1) is 12.1. The van der Waals surface area contributed by atoms with Crippen molar-refractivity contribution in [3.8, 4) is 0 Å². The van der Waals surface area contributed by atoms with E-state index >= 15 is 0 Å². The zero-order chi connectivity index (χ0) is 11.5. The number of hydrogen-bond donors (Lipinski definition) is 2. The van der Waals surface area contributed by atoms with E-state index in [-0.39, 0.29) is 18.0 Å². The monoisotopic (exact) mass is 233 g/mol. The van der Waals surface area contributed by atoms with Crippen LogP contribution in [0, 0.1) is 12.7 Å². The van der Waals surface area contributed by atoms with Gasteiger partial charge in [-0.2, -0.15) is 0 Å². The number of aryl methyl sites for hydroxylation is 1. The van der Waals surface area contributed by atoms with Crippen LogP contribution in [0.15, 0.2) is 23.1 Å². The Morgan fingerprint density at radius 3 is 2.67 bits per heavy atom. The lowest BCUT2D eigenvalue weighted by atomic mass is 10.2. The summed E-state index contributed by atoms with van der Waals surface area (Å²) in [6, 6.07) is 3.43. The number of halogens is 1. The second kappa shape index (κ2) is 4.69. The number of rotatable bonds is 4. The third-order valence-corrected chi connectivity index (χ3v) is 3.45. The molecular weight excluding hydrogens is 221 g/mol.